The van der Waals surface area contributed by atoms with Gasteiger partial charge < -0.3 is 24.1 Å². The molecule has 0 aliphatic rings. The molecule has 0 spiro atoms. The molecule has 3 aromatic rings. The van der Waals surface area contributed by atoms with Crippen LogP contribution in [0.15, 0.2) is 40.2 Å². The number of aromatic nitrogens is 2. The van der Waals surface area contributed by atoms with Gasteiger partial charge in [0.05, 0.1) is 19.1 Å². The molecule has 3 rings (SSSR count). The second-order valence-corrected chi connectivity index (χ2v) is 7.84. The second-order valence-electron chi connectivity index (χ2n) is 6.89. The summed E-state index contributed by atoms with van der Waals surface area (Å²) < 4.78 is 20.8. The Morgan fingerprint density at radius 2 is 1.87 bits per heavy atom. The van der Waals surface area contributed by atoms with Crippen LogP contribution in [-0.4, -0.2) is 42.3 Å². The number of rotatable bonds is 9. The van der Waals surface area contributed by atoms with Crippen molar-refractivity contribution in [1.29, 1.82) is 0 Å². The van der Waals surface area contributed by atoms with E-state index in [0.717, 1.165) is 4.88 Å². The number of hydrogen-bond acceptors (Lipinski definition) is 9. The zero-order chi connectivity index (χ0) is 22.4. The van der Waals surface area contributed by atoms with Crippen LogP contribution < -0.4 is 14.8 Å². The highest BCUT2D eigenvalue weighted by Crippen LogP contribution is 2.23. The van der Waals surface area contributed by atoms with Crippen molar-refractivity contribution in [2.45, 2.75) is 26.5 Å². The third-order valence-electron chi connectivity index (χ3n) is 4.37. The summed E-state index contributed by atoms with van der Waals surface area (Å²) in [5, 5.41) is 8.49. The molecule has 0 aliphatic heterocycles. The number of nitrogens with zero attached hydrogens (tertiary/aromatic N) is 2. The summed E-state index contributed by atoms with van der Waals surface area (Å²) in [5.74, 6) is 0.259. The summed E-state index contributed by atoms with van der Waals surface area (Å²) in [7, 11) is 2.98. The minimum absolute atomic E-state index is 0.170. The van der Waals surface area contributed by atoms with E-state index in [1.807, 2.05) is 17.5 Å². The van der Waals surface area contributed by atoms with Crippen LogP contribution in [0.1, 0.15) is 30.1 Å². The van der Waals surface area contributed by atoms with E-state index in [9.17, 15) is 9.59 Å². The van der Waals surface area contributed by atoms with Crippen molar-refractivity contribution in [3.8, 4) is 22.2 Å². The van der Waals surface area contributed by atoms with Gasteiger partial charge in [0.25, 0.3) is 11.8 Å². The molecule has 2 aromatic heterocycles. The molecule has 0 fully saturated rings. The fourth-order valence-electron chi connectivity index (χ4n) is 2.70. The SMILES string of the molecule is COc1cc(OC)cc(C(=O)N[C@H](C(=O)OCc2nc(-c3cccs3)no2)C(C)C)c1. The van der Waals surface area contributed by atoms with Crippen LogP contribution in [0.25, 0.3) is 10.7 Å². The van der Waals surface area contributed by atoms with Gasteiger partial charge in [-0.05, 0) is 29.5 Å². The average Bonchev–Trinajstić information content (AvgIpc) is 3.46. The molecule has 10 heteroatoms. The van der Waals surface area contributed by atoms with Gasteiger partial charge in [0, 0.05) is 11.6 Å². The van der Waals surface area contributed by atoms with E-state index < -0.39 is 17.9 Å². The molecule has 1 aromatic carbocycles. The van der Waals surface area contributed by atoms with Gasteiger partial charge in [0.2, 0.25) is 5.82 Å². The van der Waals surface area contributed by atoms with Crippen LogP contribution in [0, 0.1) is 5.92 Å². The maximum atomic E-state index is 12.7. The van der Waals surface area contributed by atoms with Gasteiger partial charge in [-0.25, -0.2) is 4.79 Å². The van der Waals surface area contributed by atoms with Crippen molar-refractivity contribution >= 4 is 23.2 Å². The Labute approximate surface area is 183 Å². The predicted octanol–water partition coefficient (Wildman–Crippen LogP) is 3.31. The van der Waals surface area contributed by atoms with Crippen molar-refractivity contribution in [2.75, 3.05) is 14.2 Å². The first kappa shape index (κ1) is 22.3. The Morgan fingerprint density at radius 1 is 1.16 bits per heavy atom. The Bertz CT molecular complexity index is 1010. The number of esters is 1. The molecule has 1 amide bonds. The highest BCUT2D eigenvalue weighted by atomic mass is 32.1. The lowest BCUT2D eigenvalue weighted by Crippen LogP contribution is -2.45. The van der Waals surface area contributed by atoms with Crippen LogP contribution >= 0.6 is 11.3 Å². The lowest BCUT2D eigenvalue weighted by atomic mass is 10.0. The van der Waals surface area contributed by atoms with Gasteiger partial charge in [0.15, 0.2) is 6.61 Å². The summed E-state index contributed by atoms with van der Waals surface area (Å²) in [6.45, 7) is 3.42. The predicted molar refractivity (Wildman–Crippen MR) is 113 cm³/mol. The maximum absolute atomic E-state index is 12.7. The van der Waals surface area contributed by atoms with Crippen LogP contribution in [0.5, 0.6) is 11.5 Å². The van der Waals surface area contributed by atoms with Crippen molar-refractivity contribution in [3.63, 3.8) is 0 Å². The van der Waals surface area contributed by atoms with E-state index in [2.05, 4.69) is 15.5 Å². The third kappa shape index (κ3) is 5.60. The number of benzene rings is 1. The molecule has 0 radical (unpaired) electrons. The van der Waals surface area contributed by atoms with Gasteiger partial charge in [0.1, 0.15) is 17.5 Å². The van der Waals surface area contributed by atoms with Gasteiger partial charge in [-0.3, -0.25) is 4.79 Å². The topological polar surface area (TPSA) is 113 Å². The molecule has 0 saturated carbocycles. The Kier molecular flexibility index (Phi) is 7.24. The number of methoxy groups -OCH3 is 2. The van der Waals surface area contributed by atoms with E-state index in [0.29, 0.717) is 22.9 Å². The van der Waals surface area contributed by atoms with Gasteiger partial charge >= 0.3 is 5.97 Å². The van der Waals surface area contributed by atoms with Gasteiger partial charge in [-0.2, -0.15) is 4.98 Å². The van der Waals surface area contributed by atoms with Gasteiger partial charge in [-0.15, -0.1) is 11.3 Å². The maximum Gasteiger partial charge on any atom is 0.329 e. The molecule has 1 atom stereocenters. The number of carbonyl (C=O) groups excluding carboxylic acids is 2. The van der Waals surface area contributed by atoms with E-state index in [4.69, 9.17) is 18.7 Å². The van der Waals surface area contributed by atoms with Crippen LogP contribution in [-0.2, 0) is 16.1 Å². The zero-order valence-corrected chi connectivity index (χ0v) is 18.4. The number of nitrogens with one attached hydrogen (secondary N) is 1. The second kappa shape index (κ2) is 10.1. The summed E-state index contributed by atoms with van der Waals surface area (Å²) in [6, 6.07) is 7.65. The molecule has 2 heterocycles. The van der Waals surface area contributed by atoms with E-state index >= 15 is 0 Å². The Morgan fingerprint density at radius 3 is 2.45 bits per heavy atom. The van der Waals surface area contributed by atoms with Gasteiger partial charge in [-0.1, -0.05) is 25.1 Å². The summed E-state index contributed by atoms with van der Waals surface area (Å²) in [4.78, 5) is 30.4. The molecule has 0 bridgehead atoms. The van der Waals surface area contributed by atoms with Crippen molar-refractivity contribution in [1.82, 2.24) is 15.5 Å². The van der Waals surface area contributed by atoms with Crippen LogP contribution in [0.4, 0.5) is 0 Å². The lowest BCUT2D eigenvalue weighted by Gasteiger charge is -2.20. The summed E-state index contributed by atoms with van der Waals surface area (Å²) in [5.41, 5.74) is 0.298. The van der Waals surface area contributed by atoms with Crippen LogP contribution in [0.3, 0.4) is 0 Å². The fraction of sp³-hybridized carbons (Fsp3) is 0.333. The molecule has 0 unspecified atom stereocenters. The summed E-state index contributed by atoms with van der Waals surface area (Å²) in [6.07, 6.45) is 0. The van der Waals surface area contributed by atoms with Crippen molar-refractivity contribution in [2.24, 2.45) is 5.92 Å². The van der Waals surface area contributed by atoms with Crippen LogP contribution in [0.2, 0.25) is 0 Å². The largest absolute Gasteiger partial charge is 0.497 e. The molecular formula is C21H23N3O6S. The highest BCUT2D eigenvalue weighted by Gasteiger charge is 2.27. The standard InChI is InChI=1S/C21H23N3O6S/c1-12(2)18(23-20(25)13-8-14(27-3)10-15(9-13)28-4)21(26)29-11-17-22-19(24-30-17)16-6-5-7-31-16/h5-10,12,18H,11H2,1-4H3,(H,23,25)/t18-/m0/s1. The zero-order valence-electron chi connectivity index (χ0n) is 17.6. The molecule has 9 nitrogen and oxygen atoms in total. The molecule has 164 valence electrons. The van der Waals surface area contributed by atoms with Crippen molar-refractivity contribution in [3.05, 3.63) is 47.2 Å². The normalized spacial score (nSPS) is 11.8. The molecule has 0 saturated heterocycles. The van der Waals surface area contributed by atoms with Crippen molar-refractivity contribution < 1.29 is 28.3 Å². The Hall–Kier alpha value is -3.40. The number of thiophene rings is 1. The first-order chi connectivity index (χ1) is 14.9. The number of amides is 1. The van der Waals surface area contributed by atoms with E-state index in [1.165, 1.54) is 25.6 Å². The quantitative estimate of drug-likeness (QED) is 0.499. The minimum Gasteiger partial charge on any atom is -0.497 e. The summed E-state index contributed by atoms with van der Waals surface area (Å²) >= 11 is 1.47. The monoisotopic (exact) mass is 445 g/mol. The number of hydrogen-bond donors (Lipinski definition) is 1. The third-order valence-corrected chi connectivity index (χ3v) is 5.23. The first-order valence-electron chi connectivity index (χ1n) is 9.48. The molecule has 31 heavy (non-hydrogen) atoms. The Balaban J connectivity index is 1.65. The minimum atomic E-state index is -0.871. The number of carbonyl (C=O) groups is 2. The molecule has 0 aliphatic carbocycles. The smallest absolute Gasteiger partial charge is 0.329 e. The lowest BCUT2D eigenvalue weighted by molar-refractivity contribution is -0.149. The van der Waals surface area contributed by atoms with E-state index in [-0.39, 0.29) is 18.4 Å². The molecule has 1 N–H and O–H groups in total. The fourth-order valence-corrected chi connectivity index (χ4v) is 3.35. The average molecular weight is 445 g/mol. The molecular weight excluding hydrogens is 422 g/mol. The first-order valence-corrected chi connectivity index (χ1v) is 10.4. The van der Waals surface area contributed by atoms with E-state index in [1.54, 1.807) is 32.0 Å². The number of ether oxygens (including phenoxy) is 3. The highest BCUT2D eigenvalue weighted by molar-refractivity contribution is 7.13.